The van der Waals surface area contributed by atoms with Crippen molar-refractivity contribution in [2.45, 2.75) is 50.9 Å². The van der Waals surface area contributed by atoms with Gasteiger partial charge in [-0.15, -0.1) is 0 Å². The van der Waals surface area contributed by atoms with E-state index in [1.807, 2.05) is 30.3 Å². The van der Waals surface area contributed by atoms with Crippen LogP contribution >= 0.6 is 0 Å². The Morgan fingerprint density at radius 2 is 1.86 bits per heavy atom. The number of hydrogen-bond acceptors (Lipinski definition) is 4. The Balaban J connectivity index is 1.28. The molecule has 2 fully saturated rings. The van der Waals surface area contributed by atoms with Crippen molar-refractivity contribution < 1.29 is 14.3 Å². The average molecular weight is 489 g/mol. The Kier molecular flexibility index (Phi) is 7.68. The summed E-state index contributed by atoms with van der Waals surface area (Å²) >= 11 is 0. The van der Waals surface area contributed by atoms with Gasteiger partial charge in [0, 0.05) is 74.6 Å². The second-order valence-electron chi connectivity index (χ2n) is 10.0. The van der Waals surface area contributed by atoms with Crippen molar-refractivity contribution in [3.8, 4) is 0 Å². The Morgan fingerprint density at radius 1 is 1.08 bits per heavy atom. The van der Waals surface area contributed by atoms with E-state index in [-0.39, 0.29) is 23.8 Å². The SMILES string of the molecule is COCCCn1cc(CN(C(=O)[C@@H]2CNC[C@H](NC(=O)c3ccccc3)C2)C2CC2)c2ccccc21. The van der Waals surface area contributed by atoms with Gasteiger partial charge in [-0.1, -0.05) is 36.4 Å². The second-order valence-corrected chi connectivity index (χ2v) is 10.0. The van der Waals surface area contributed by atoms with Gasteiger partial charge in [-0.3, -0.25) is 9.59 Å². The zero-order valence-corrected chi connectivity index (χ0v) is 21.0. The van der Waals surface area contributed by atoms with Crippen LogP contribution in [-0.4, -0.2) is 60.2 Å². The molecule has 2 amide bonds. The monoisotopic (exact) mass is 488 g/mol. The molecule has 5 rings (SSSR count). The molecule has 1 aliphatic carbocycles. The van der Waals surface area contributed by atoms with Gasteiger partial charge in [-0.25, -0.2) is 0 Å². The van der Waals surface area contributed by atoms with Crippen LogP contribution in [0.1, 0.15) is 41.6 Å². The molecule has 36 heavy (non-hydrogen) atoms. The third kappa shape index (κ3) is 5.63. The van der Waals surface area contributed by atoms with Gasteiger partial charge >= 0.3 is 0 Å². The van der Waals surface area contributed by atoms with E-state index in [4.69, 9.17) is 4.74 Å². The zero-order chi connectivity index (χ0) is 24.9. The molecule has 2 N–H and O–H groups in total. The van der Waals surface area contributed by atoms with E-state index < -0.39 is 0 Å². The second kappa shape index (κ2) is 11.3. The maximum Gasteiger partial charge on any atom is 0.251 e. The smallest absolute Gasteiger partial charge is 0.251 e. The molecule has 2 aliphatic rings. The normalized spacial score (nSPS) is 19.8. The van der Waals surface area contributed by atoms with Gasteiger partial charge in [0.1, 0.15) is 0 Å². The minimum absolute atomic E-state index is 0.0656. The van der Waals surface area contributed by atoms with Gasteiger partial charge in [0.2, 0.25) is 5.91 Å². The van der Waals surface area contributed by atoms with E-state index in [1.54, 1.807) is 7.11 Å². The highest BCUT2D eigenvalue weighted by Crippen LogP contribution is 2.33. The fourth-order valence-corrected chi connectivity index (χ4v) is 5.30. The number of para-hydroxylation sites is 1. The molecule has 0 unspecified atom stereocenters. The number of nitrogens with zero attached hydrogens (tertiary/aromatic N) is 2. The number of fused-ring (bicyclic) bond motifs is 1. The topological polar surface area (TPSA) is 75.6 Å². The Labute approximate surface area is 212 Å². The summed E-state index contributed by atoms with van der Waals surface area (Å²) in [6.07, 6.45) is 5.94. The number of amides is 2. The molecule has 3 aromatic rings. The van der Waals surface area contributed by atoms with E-state index >= 15 is 0 Å². The van der Waals surface area contributed by atoms with Crippen molar-refractivity contribution in [3.63, 3.8) is 0 Å². The largest absolute Gasteiger partial charge is 0.385 e. The van der Waals surface area contributed by atoms with Gasteiger partial charge in [-0.2, -0.15) is 0 Å². The van der Waals surface area contributed by atoms with Crippen molar-refractivity contribution in [1.29, 1.82) is 0 Å². The van der Waals surface area contributed by atoms with Gasteiger partial charge in [-0.05, 0) is 49.4 Å². The molecule has 1 aromatic heterocycles. The highest BCUT2D eigenvalue weighted by molar-refractivity contribution is 5.94. The number of piperidine rings is 1. The molecule has 0 spiro atoms. The van der Waals surface area contributed by atoms with Gasteiger partial charge in [0.15, 0.2) is 0 Å². The number of aromatic nitrogens is 1. The summed E-state index contributed by atoms with van der Waals surface area (Å²) in [5.74, 6) is -0.0359. The van der Waals surface area contributed by atoms with Crippen molar-refractivity contribution in [1.82, 2.24) is 20.1 Å². The molecule has 2 atom stereocenters. The summed E-state index contributed by atoms with van der Waals surface area (Å²) in [6, 6.07) is 18.0. The number of nitrogens with one attached hydrogen (secondary N) is 2. The molecule has 1 saturated carbocycles. The molecule has 2 aromatic carbocycles. The molecular weight excluding hydrogens is 452 g/mol. The van der Waals surface area contributed by atoms with E-state index in [0.717, 1.165) is 32.4 Å². The molecule has 0 radical (unpaired) electrons. The minimum Gasteiger partial charge on any atom is -0.385 e. The standard InChI is InChI=1S/C29H36N4O3/c1-36-15-7-14-32-19-23(26-10-5-6-11-27(26)32)20-33(25-12-13-25)29(35)22-16-24(18-30-17-22)31-28(34)21-8-3-2-4-9-21/h2-6,8-11,19,22,24-25,30H,7,12-18,20H2,1H3,(H,31,34)/t22-,24+/m0/s1. The lowest BCUT2D eigenvalue weighted by Gasteiger charge is -2.33. The summed E-state index contributed by atoms with van der Waals surface area (Å²) in [7, 11) is 1.73. The van der Waals surface area contributed by atoms with E-state index in [9.17, 15) is 9.59 Å². The number of rotatable bonds is 10. The predicted octanol–water partition coefficient (Wildman–Crippen LogP) is 3.58. The number of aryl methyl sites for hydroxylation is 1. The van der Waals surface area contributed by atoms with Gasteiger partial charge in [0.05, 0.1) is 5.92 Å². The summed E-state index contributed by atoms with van der Waals surface area (Å²) in [5.41, 5.74) is 3.04. The first-order valence-electron chi connectivity index (χ1n) is 13.1. The fourth-order valence-electron chi connectivity index (χ4n) is 5.30. The molecule has 7 nitrogen and oxygen atoms in total. The molecule has 0 bridgehead atoms. The van der Waals surface area contributed by atoms with E-state index in [2.05, 4.69) is 50.6 Å². The highest BCUT2D eigenvalue weighted by Gasteiger charge is 2.38. The van der Waals surface area contributed by atoms with Crippen molar-refractivity contribution in [2.75, 3.05) is 26.8 Å². The number of hydrogen-bond donors (Lipinski definition) is 2. The van der Waals surface area contributed by atoms with Gasteiger partial charge < -0.3 is 24.8 Å². The fraction of sp³-hybridized carbons (Fsp3) is 0.448. The van der Waals surface area contributed by atoms with Crippen LogP contribution in [0, 0.1) is 5.92 Å². The van der Waals surface area contributed by atoms with E-state index in [0.29, 0.717) is 37.7 Å². The molecular formula is C29H36N4O3. The Bertz CT molecular complexity index is 1190. The summed E-state index contributed by atoms with van der Waals surface area (Å²) in [4.78, 5) is 28.5. The van der Waals surface area contributed by atoms with Crippen molar-refractivity contribution >= 4 is 22.7 Å². The maximum absolute atomic E-state index is 13.8. The number of methoxy groups -OCH3 is 1. The van der Waals surface area contributed by atoms with Crippen molar-refractivity contribution in [3.05, 3.63) is 71.9 Å². The van der Waals surface area contributed by atoms with Gasteiger partial charge in [0.25, 0.3) is 5.91 Å². The third-order valence-corrected chi connectivity index (χ3v) is 7.30. The molecule has 7 heteroatoms. The zero-order valence-electron chi connectivity index (χ0n) is 21.0. The van der Waals surface area contributed by atoms with Crippen LogP contribution in [-0.2, 0) is 22.6 Å². The summed E-state index contributed by atoms with van der Waals surface area (Å²) < 4.78 is 7.53. The van der Waals surface area contributed by atoms with Crippen LogP contribution in [0.25, 0.3) is 10.9 Å². The highest BCUT2D eigenvalue weighted by atomic mass is 16.5. The lowest BCUT2D eigenvalue weighted by molar-refractivity contribution is -0.137. The van der Waals surface area contributed by atoms with Crippen molar-refractivity contribution in [2.24, 2.45) is 5.92 Å². The molecule has 1 saturated heterocycles. The number of carbonyl (C=O) groups excluding carboxylic acids is 2. The first kappa shape index (κ1) is 24.5. The van der Waals surface area contributed by atoms with Crippen LogP contribution in [0.4, 0.5) is 0 Å². The first-order valence-corrected chi connectivity index (χ1v) is 13.1. The Morgan fingerprint density at radius 3 is 2.64 bits per heavy atom. The minimum atomic E-state index is -0.143. The lowest BCUT2D eigenvalue weighted by atomic mass is 9.93. The van der Waals surface area contributed by atoms with Crippen LogP contribution in [0.15, 0.2) is 60.8 Å². The van der Waals surface area contributed by atoms with Crippen LogP contribution in [0.3, 0.4) is 0 Å². The quantitative estimate of drug-likeness (QED) is 0.428. The van der Waals surface area contributed by atoms with Crippen LogP contribution < -0.4 is 10.6 Å². The molecule has 2 heterocycles. The summed E-state index contributed by atoms with van der Waals surface area (Å²) in [6.45, 7) is 3.57. The molecule has 1 aliphatic heterocycles. The van der Waals surface area contributed by atoms with Crippen LogP contribution in [0.2, 0.25) is 0 Å². The average Bonchev–Trinajstić information content (AvgIpc) is 3.70. The summed E-state index contributed by atoms with van der Waals surface area (Å²) in [5, 5.41) is 7.72. The lowest BCUT2D eigenvalue weighted by Crippen LogP contribution is -2.53. The predicted molar refractivity (Wildman–Crippen MR) is 141 cm³/mol. The first-order chi connectivity index (χ1) is 17.6. The van der Waals surface area contributed by atoms with E-state index in [1.165, 1.54) is 16.5 Å². The number of carbonyl (C=O) groups is 2. The third-order valence-electron chi connectivity index (χ3n) is 7.30. The maximum atomic E-state index is 13.8. The number of ether oxygens (including phenoxy) is 1. The molecule has 190 valence electrons. The Hall–Kier alpha value is -3.16. The van der Waals surface area contributed by atoms with Crippen LogP contribution in [0.5, 0.6) is 0 Å². The number of benzene rings is 2.